The van der Waals surface area contributed by atoms with Gasteiger partial charge in [0, 0.05) is 12.1 Å². The Morgan fingerprint density at radius 3 is 2.10 bits per heavy atom. The Balaban J connectivity index is 2.38. The largest absolute Gasteiger partial charge is 0.279 e. The highest BCUT2D eigenvalue weighted by molar-refractivity contribution is 7.92. The van der Waals surface area contributed by atoms with Crippen molar-refractivity contribution in [2.75, 3.05) is 4.72 Å². The molecular formula is C12H7F4NO2S. The van der Waals surface area contributed by atoms with Crippen LogP contribution in [0.25, 0.3) is 0 Å². The van der Waals surface area contributed by atoms with Gasteiger partial charge in [0.05, 0.1) is 5.69 Å². The third-order valence-corrected chi connectivity index (χ3v) is 3.77. The molecule has 0 aromatic heterocycles. The molecule has 0 saturated heterocycles. The molecule has 0 atom stereocenters. The zero-order valence-corrected chi connectivity index (χ0v) is 10.5. The number of sulfonamides is 1. The van der Waals surface area contributed by atoms with Crippen LogP contribution in [0.5, 0.6) is 0 Å². The summed E-state index contributed by atoms with van der Waals surface area (Å²) in [6, 6.07) is 4.19. The summed E-state index contributed by atoms with van der Waals surface area (Å²) in [6.07, 6.45) is 0. The van der Waals surface area contributed by atoms with Gasteiger partial charge in [-0.15, -0.1) is 0 Å². The lowest BCUT2D eigenvalue weighted by Gasteiger charge is -2.09. The molecule has 0 unspecified atom stereocenters. The fourth-order valence-electron chi connectivity index (χ4n) is 1.46. The van der Waals surface area contributed by atoms with E-state index in [4.69, 9.17) is 0 Å². The van der Waals surface area contributed by atoms with Gasteiger partial charge < -0.3 is 0 Å². The Labute approximate surface area is 111 Å². The average molecular weight is 305 g/mol. The van der Waals surface area contributed by atoms with E-state index < -0.39 is 38.2 Å². The lowest BCUT2D eigenvalue weighted by atomic mass is 10.3. The molecule has 0 aliphatic rings. The van der Waals surface area contributed by atoms with Crippen LogP contribution in [0.15, 0.2) is 41.3 Å². The second kappa shape index (κ2) is 5.12. The Hall–Kier alpha value is -2.09. The Bertz CT molecular complexity index is 762. The molecule has 0 spiro atoms. The molecule has 1 N–H and O–H groups in total. The van der Waals surface area contributed by atoms with Gasteiger partial charge in [-0.05, 0) is 24.3 Å². The summed E-state index contributed by atoms with van der Waals surface area (Å²) in [5.41, 5.74) is -0.285. The highest BCUT2D eigenvalue weighted by Crippen LogP contribution is 2.20. The van der Waals surface area contributed by atoms with Crippen LogP contribution in [0, 0.1) is 23.3 Å². The van der Waals surface area contributed by atoms with Gasteiger partial charge in [0.2, 0.25) is 0 Å². The molecule has 106 valence electrons. The zero-order valence-electron chi connectivity index (χ0n) is 9.70. The maximum absolute atomic E-state index is 13.4. The van der Waals surface area contributed by atoms with Crippen molar-refractivity contribution in [1.29, 1.82) is 0 Å². The van der Waals surface area contributed by atoms with Crippen LogP contribution < -0.4 is 4.72 Å². The fourth-order valence-corrected chi connectivity index (χ4v) is 2.57. The van der Waals surface area contributed by atoms with Crippen molar-refractivity contribution in [2.24, 2.45) is 0 Å². The Morgan fingerprint density at radius 2 is 1.50 bits per heavy atom. The van der Waals surface area contributed by atoms with Crippen molar-refractivity contribution in [1.82, 2.24) is 0 Å². The summed E-state index contributed by atoms with van der Waals surface area (Å²) in [5.74, 6) is -4.64. The molecule has 2 aromatic carbocycles. The van der Waals surface area contributed by atoms with Crippen molar-refractivity contribution >= 4 is 15.7 Å². The predicted octanol–water partition coefficient (Wildman–Crippen LogP) is 3.04. The van der Waals surface area contributed by atoms with Crippen LogP contribution in [-0.4, -0.2) is 8.42 Å². The molecule has 0 fully saturated rings. The minimum absolute atomic E-state index is 0.285. The standard InChI is InChI=1S/C12H7F4NO2S/c13-7-1-4-12(11(16)5-7)20(18,19)17-8-2-3-9(14)10(15)6-8/h1-6,17H. The van der Waals surface area contributed by atoms with Crippen LogP contribution in [-0.2, 0) is 10.0 Å². The molecule has 0 aliphatic carbocycles. The van der Waals surface area contributed by atoms with Gasteiger partial charge in [-0.25, -0.2) is 26.0 Å². The van der Waals surface area contributed by atoms with Gasteiger partial charge in [-0.1, -0.05) is 0 Å². The molecule has 0 saturated carbocycles. The molecule has 0 bridgehead atoms. The van der Waals surface area contributed by atoms with E-state index in [1.807, 2.05) is 4.72 Å². The van der Waals surface area contributed by atoms with Crippen molar-refractivity contribution < 1.29 is 26.0 Å². The fraction of sp³-hybridized carbons (Fsp3) is 0. The SMILES string of the molecule is O=S(=O)(Nc1ccc(F)c(F)c1)c1ccc(F)cc1F. The quantitative estimate of drug-likeness (QED) is 0.886. The smallest absolute Gasteiger partial charge is 0.264 e. The normalized spacial score (nSPS) is 11.4. The number of nitrogens with one attached hydrogen (secondary N) is 1. The Kier molecular flexibility index (Phi) is 3.67. The van der Waals surface area contributed by atoms with Crippen LogP contribution in [0.4, 0.5) is 23.2 Å². The van der Waals surface area contributed by atoms with Gasteiger partial charge in [0.1, 0.15) is 16.5 Å². The number of benzene rings is 2. The first kappa shape index (κ1) is 14.3. The molecule has 20 heavy (non-hydrogen) atoms. The number of hydrogen-bond donors (Lipinski definition) is 1. The molecule has 0 heterocycles. The molecule has 3 nitrogen and oxygen atoms in total. The maximum Gasteiger partial charge on any atom is 0.264 e. The topological polar surface area (TPSA) is 46.2 Å². The summed E-state index contributed by atoms with van der Waals surface area (Å²) < 4.78 is 77.3. The summed E-state index contributed by atoms with van der Waals surface area (Å²) >= 11 is 0. The van der Waals surface area contributed by atoms with E-state index in [2.05, 4.69) is 0 Å². The first-order valence-corrected chi connectivity index (χ1v) is 6.71. The van der Waals surface area contributed by atoms with E-state index in [1.54, 1.807) is 0 Å². The minimum Gasteiger partial charge on any atom is -0.279 e. The minimum atomic E-state index is -4.37. The highest BCUT2D eigenvalue weighted by atomic mass is 32.2. The first-order chi connectivity index (χ1) is 9.29. The molecular weight excluding hydrogens is 298 g/mol. The molecule has 2 rings (SSSR count). The lowest BCUT2D eigenvalue weighted by Crippen LogP contribution is -2.15. The van der Waals surface area contributed by atoms with E-state index in [0.717, 1.165) is 18.2 Å². The van der Waals surface area contributed by atoms with Gasteiger partial charge in [-0.2, -0.15) is 0 Å². The zero-order chi connectivity index (χ0) is 14.9. The van der Waals surface area contributed by atoms with E-state index in [-0.39, 0.29) is 5.69 Å². The van der Waals surface area contributed by atoms with Crippen molar-refractivity contribution in [2.45, 2.75) is 4.90 Å². The molecule has 0 radical (unpaired) electrons. The maximum atomic E-state index is 13.4. The third-order valence-electron chi connectivity index (χ3n) is 2.36. The number of rotatable bonds is 3. The van der Waals surface area contributed by atoms with E-state index in [9.17, 15) is 26.0 Å². The summed E-state index contributed by atoms with van der Waals surface area (Å²) in [6.45, 7) is 0. The van der Waals surface area contributed by atoms with Crippen LogP contribution >= 0.6 is 0 Å². The summed E-state index contributed by atoms with van der Waals surface area (Å²) in [7, 11) is -4.37. The van der Waals surface area contributed by atoms with Gasteiger partial charge in [0.15, 0.2) is 11.6 Å². The van der Waals surface area contributed by atoms with Crippen molar-refractivity contribution in [3.8, 4) is 0 Å². The molecule has 0 amide bonds. The van der Waals surface area contributed by atoms with Crippen molar-refractivity contribution in [3.63, 3.8) is 0 Å². The van der Waals surface area contributed by atoms with Crippen LogP contribution in [0.1, 0.15) is 0 Å². The van der Waals surface area contributed by atoms with Crippen molar-refractivity contribution in [3.05, 3.63) is 59.7 Å². The second-order valence-corrected chi connectivity index (χ2v) is 5.46. The van der Waals surface area contributed by atoms with Crippen LogP contribution in [0.2, 0.25) is 0 Å². The number of halogens is 4. The van der Waals surface area contributed by atoms with Crippen LogP contribution in [0.3, 0.4) is 0 Å². The van der Waals surface area contributed by atoms with Gasteiger partial charge in [-0.3, -0.25) is 4.72 Å². The Morgan fingerprint density at radius 1 is 0.800 bits per heavy atom. The molecule has 0 aliphatic heterocycles. The lowest BCUT2D eigenvalue weighted by molar-refractivity contribution is 0.509. The van der Waals surface area contributed by atoms with E-state index in [1.165, 1.54) is 0 Å². The summed E-state index contributed by atoms with van der Waals surface area (Å²) in [5, 5.41) is 0. The second-order valence-electron chi connectivity index (χ2n) is 3.81. The molecule has 8 heteroatoms. The van der Waals surface area contributed by atoms with E-state index >= 15 is 0 Å². The number of hydrogen-bond acceptors (Lipinski definition) is 2. The monoisotopic (exact) mass is 305 g/mol. The first-order valence-electron chi connectivity index (χ1n) is 5.22. The number of anilines is 1. The molecule has 2 aromatic rings. The van der Waals surface area contributed by atoms with Gasteiger partial charge >= 0.3 is 0 Å². The highest BCUT2D eigenvalue weighted by Gasteiger charge is 2.20. The summed E-state index contributed by atoms with van der Waals surface area (Å²) in [4.78, 5) is -0.802. The average Bonchev–Trinajstić information content (AvgIpc) is 2.33. The predicted molar refractivity (Wildman–Crippen MR) is 63.5 cm³/mol. The van der Waals surface area contributed by atoms with E-state index in [0.29, 0.717) is 18.2 Å². The van der Waals surface area contributed by atoms with Gasteiger partial charge in [0.25, 0.3) is 10.0 Å². The third kappa shape index (κ3) is 2.90.